The summed E-state index contributed by atoms with van der Waals surface area (Å²) in [7, 11) is 0. The zero-order valence-electron chi connectivity index (χ0n) is 9.43. The highest BCUT2D eigenvalue weighted by molar-refractivity contribution is 7.07. The Morgan fingerprint density at radius 3 is 3.00 bits per heavy atom. The van der Waals surface area contributed by atoms with Crippen molar-refractivity contribution in [3.63, 3.8) is 0 Å². The van der Waals surface area contributed by atoms with Crippen LogP contribution in [-0.2, 0) is 11.2 Å². The Morgan fingerprint density at radius 2 is 2.44 bits per heavy atom. The largest absolute Gasteiger partial charge is 0.481 e. The summed E-state index contributed by atoms with van der Waals surface area (Å²) in [5, 5.41) is 13.3. The highest BCUT2D eigenvalue weighted by Crippen LogP contribution is 2.23. The third-order valence-corrected chi connectivity index (χ3v) is 4.03. The van der Waals surface area contributed by atoms with Crippen LogP contribution in [0.2, 0.25) is 0 Å². The van der Waals surface area contributed by atoms with Gasteiger partial charge in [-0.05, 0) is 34.7 Å². The molecule has 1 N–H and O–H groups in total. The summed E-state index contributed by atoms with van der Waals surface area (Å²) in [6, 6.07) is 2.14. The summed E-state index contributed by atoms with van der Waals surface area (Å²) in [6.07, 6.45) is 1.03. The van der Waals surface area contributed by atoms with E-state index in [1.165, 1.54) is 5.56 Å². The van der Waals surface area contributed by atoms with Crippen LogP contribution >= 0.6 is 11.3 Å². The molecule has 2 rings (SSSR count). The Labute approximate surface area is 99.7 Å². The smallest absolute Gasteiger partial charge is 0.308 e. The van der Waals surface area contributed by atoms with E-state index in [9.17, 15) is 4.79 Å². The van der Waals surface area contributed by atoms with Gasteiger partial charge in [-0.1, -0.05) is 6.92 Å². The third-order valence-electron chi connectivity index (χ3n) is 3.30. The van der Waals surface area contributed by atoms with Gasteiger partial charge in [0.1, 0.15) is 0 Å². The minimum Gasteiger partial charge on any atom is -0.481 e. The van der Waals surface area contributed by atoms with Gasteiger partial charge in [-0.15, -0.1) is 0 Å². The number of nitrogens with zero attached hydrogens (tertiary/aromatic N) is 1. The topological polar surface area (TPSA) is 40.5 Å². The molecule has 16 heavy (non-hydrogen) atoms. The van der Waals surface area contributed by atoms with Crippen LogP contribution in [0.15, 0.2) is 16.8 Å². The molecule has 0 saturated carbocycles. The molecular weight excluding hydrogens is 222 g/mol. The van der Waals surface area contributed by atoms with Crippen molar-refractivity contribution >= 4 is 17.3 Å². The van der Waals surface area contributed by atoms with E-state index in [4.69, 9.17) is 5.11 Å². The Balaban J connectivity index is 1.82. The van der Waals surface area contributed by atoms with E-state index in [1.807, 2.05) is 6.92 Å². The van der Waals surface area contributed by atoms with E-state index in [2.05, 4.69) is 21.7 Å². The normalized spacial score (nSPS) is 26.1. The SMILES string of the molecule is C[C@@H]1CN(CCc2ccsc2)C[C@H]1C(=O)O. The fourth-order valence-corrected chi connectivity index (χ4v) is 3.00. The number of thiophene rings is 1. The number of hydrogen-bond acceptors (Lipinski definition) is 3. The molecule has 1 saturated heterocycles. The first-order chi connectivity index (χ1) is 7.66. The van der Waals surface area contributed by atoms with Crippen molar-refractivity contribution in [1.82, 2.24) is 4.90 Å². The molecule has 1 fully saturated rings. The molecule has 0 radical (unpaired) electrons. The second-order valence-electron chi connectivity index (χ2n) is 4.56. The van der Waals surface area contributed by atoms with Crippen molar-refractivity contribution in [1.29, 1.82) is 0 Å². The molecule has 1 aliphatic rings. The van der Waals surface area contributed by atoms with Gasteiger partial charge in [0.25, 0.3) is 0 Å². The summed E-state index contributed by atoms with van der Waals surface area (Å²) in [5.41, 5.74) is 1.36. The second-order valence-corrected chi connectivity index (χ2v) is 5.34. The standard InChI is InChI=1S/C12H17NO2S/c1-9-6-13(7-11(9)12(14)15)4-2-10-3-5-16-8-10/h3,5,8-9,11H,2,4,6-7H2,1H3,(H,14,15)/t9-,11-/m1/s1. The number of likely N-dealkylation sites (tertiary alicyclic amines) is 1. The number of carbonyl (C=O) groups is 1. The first-order valence-corrected chi connectivity index (χ1v) is 6.57. The van der Waals surface area contributed by atoms with Gasteiger partial charge in [0, 0.05) is 19.6 Å². The highest BCUT2D eigenvalue weighted by atomic mass is 32.1. The van der Waals surface area contributed by atoms with Gasteiger partial charge in [-0.3, -0.25) is 4.79 Å². The van der Waals surface area contributed by atoms with Crippen LogP contribution in [0.3, 0.4) is 0 Å². The van der Waals surface area contributed by atoms with Crippen LogP contribution in [0.25, 0.3) is 0 Å². The van der Waals surface area contributed by atoms with Crippen molar-refractivity contribution in [3.05, 3.63) is 22.4 Å². The molecule has 4 heteroatoms. The van der Waals surface area contributed by atoms with Gasteiger partial charge in [-0.25, -0.2) is 0 Å². The molecule has 0 aliphatic carbocycles. The predicted octanol–water partition coefficient (Wildman–Crippen LogP) is 1.94. The summed E-state index contributed by atoms with van der Waals surface area (Å²) >= 11 is 1.72. The molecular formula is C12H17NO2S. The van der Waals surface area contributed by atoms with Crippen molar-refractivity contribution in [2.75, 3.05) is 19.6 Å². The zero-order valence-corrected chi connectivity index (χ0v) is 10.2. The zero-order chi connectivity index (χ0) is 11.5. The molecule has 88 valence electrons. The summed E-state index contributed by atoms with van der Waals surface area (Å²) in [6.45, 7) is 4.63. The molecule has 0 spiro atoms. The molecule has 1 aromatic rings. The fourth-order valence-electron chi connectivity index (χ4n) is 2.29. The Kier molecular flexibility index (Phi) is 3.61. The molecule has 0 amide bonds. The molecule has 0 aromatic carbocycles. The lowest BCUT2D eigenvalue weighted by Crippen LogP contribution is -2.25. The highest BCUT2D eigenvalue weighted by Gasteiger charge is 2.34. The summed E-state index contributed by atoms with van der Waals surface area (Å²) < 4.78 is 0. The van der Waals surface area contributed by atoms with Crippen LogP contribution < -0.4 is 0 Å². The molecule has 2 heterocycles. The van der Waals surface area contributed by atoms with Crippen molar-refractivity contribution in [2.45, 2.75) is 13.3 Å². The first kappa shape index (κ1) is 11.6. The minimum atomic E-state index is -0.648. The fraction of sp³-hybridized carbons (Fsp3) is 0.583. The number of carboxylic acids is 1. The molecule has 1 aliphatic heterocycles. The average molecular weight is 239 g/mol. The van der Waals surface area contributed by atoms with Gasteiger partial charge in [0.05, 0.1) is 5.92 Å². The minimum absolute atomic E-state index is 0.178. The molecule has 0 bridgehead atoms. The maximum absolute atomic E-state index is 11.0. The van der Waals surface area contributed by atoms with E-state index in [1.54, 1.807) is 11.3 Å². The van der Waals surface area contributed by atoms with Gasteiger partial charge in [0.2, 0.25) is 0 Å². The van der Waals surface area contributed by atoms with E-state index >= 15 is 0 Å². The van der Waals surface area contributed by atoms with Gasteiger partial charge in [-0.2, -0.15) is 11.3 Å². The van der Waals surface area contributed by atoms with Crippen molar-refractivity contribution in [3.8, 4) is 0 Å². The van der Waals surface area contributed by atoms with Crippen molar-refractivity contribution in [2.24, 2.45) is 11.8 Å². The number of rotatable bonds is 4. The lowest BCUT2D eigenvalue weighted by atomic mass is 9.99. The van der Waals surface area contributed by atoms with E-state index in [-0.39, 0.29) is 11.8 Å². The quantitative estimate of drug-likeness (QED) is 0.873. The second kappa shape index (κ2) is 4.97. The molecule has 1 aromatic heterocycles. The molecule has 2 atom stereocenters. The Bertz CT molecular complexity index is 350. The maximum atomic E-state index is 11.0. The van der Waals surface area contributed by atoms with Crippen LogP contribution in [0.5, 0.6) is 0 Å². The first-order valence-electron chi connectivity index (χ1n) is 5.63. The summed E-state index contributed by atoms with van der Waals surface area (Å²) in [5.74, 6) is -0.548. The van der Waals surface area contributed by atoms with E-state index < -0.39 is 5.97 Å². The lowest BCUT2D eigenvalue weighted by Gasteiger charge is -2.14. The monoisotopic (exact) mass is 239 g/mol. The third kappa shape index (κ3) is 2.62. The Morgan fingerprint density at radius 1 is 1.62 bits per heavy atom. The number of aliphatic carboxylic acids is 1. The Hall–Kier alpha value is -0.870. The molecule has 3 nitrogen and oxygen atoms in total. The van der Waals surface area contributed by atoms with Crippen LogP contribution in [-0.4, -0.2) is 35.6 Å². The van der Waals surface area contributed by atoms with Crippen LogP contribution in [0.4, 0.5) is 0 Å². The number of carboxylic acid groups (broad SMARTS) is 1. The maximum Gasteiger partial charge on any atom is 0.308 e. The van der Waals surface area contributed by atoms with Crippen LogP contribution in [0, 0.1) is 11.8 Å². The van der Waals surface area contributed by atoms with Gasteiger partial charge < -0.3 is 10.0 Å². The lowest BCUT2D eigenvalue weighted by molar-refractivity contribution is -0.142. The van der Waals surface area contributed by atoms with Gasteiger partial charge >= 0.3 is 5.97 Å². The molecule has 0 unspecified atom stereocenters. The van der Waals surface area contributed by atoms with Gasteiger partial charge in [0.15, 0.2) is 0 Å². The average Bonchev–Trinajstić information content (AvgIpc) is 2.83. The van der Waals surface area contributed by atoms with Crippen molar-refractivity contribution < 1.29 is 9.90 Å². The van der Waals surface area contributed by atoms with E-state index in [0.717, 1.165) is 19.5 Å². The van der Waals surface area contributed by atoms with E-state index in [0.29, 0.717) is 6.54 Å². The summed E-state index contributed by atoms with van der Waals surface area (Å²) in [4.78, 5) is 13.2. The predicted molar refractivity (Wildman–Crippen MR) is 64.8 cm³/mol. The number of hydrogen-bond donors (Lipinski definition) is 1. The van der Waals surface area contributed by atoms with Crippen LogP contribution in [0.1, 0.15) is 12.5 Å².